The van der Waals surface area contributed by atoms with Gasteiger partial charge in [-0.25, -0.2) is 0 Å². The molecule has 4 nitrogen and oxygen atoms in total. The van der Waals surface area contributed by atoms with E-state index in [0.29, 0.717) is 32.0 Å². The maximum atomic E-state index is 12.2. The monoisotopic (exact) mass is 405 g/mol. The summed E-state index contributed by atoms with van der Waals surface area (Å²) >= 11 is 1.68. The van der Waals surface area contributed by atoms with Gasteiger partial charge in [-0.2, -0.15) is 0 Å². The predicted octanol–water partition coefficient (Wildman–Crippen LogP) is 5.43. The van der Waals surface area contributed by atoms with Crippen LogP contribution in [0.2, 0.25) is 0 Å². The van der Waals surface area contributed by atoms with E-state index in [-0.39, 0.29) is 17.8 Å². The largest absolute Gasteiger partial charge is 0.465 e. The molecule has 0 fully saturated rings. The number of benzene rings is 1. The number of ether oxygens (including phenoxy) is 1. The molecule has 1 aliphatic rings. The molecule has 1 atom stereocenters. The van der Waals surface area contributed by atoms with E-state index in [2.05, 4.69) is 32.0 Å². The summed E-state index contributed by atoms with van der Waals surface area (Å²) in [5.74, 6) is 1.35. The first kappa shape index (κ1) is 22.8. The van der Waals surface area contributed by atoms with E-state index in [4.69, 9.17) is 4.74 Å². The summed E-state index contributed by atoms with van der Waals surface area (Å²) in [6.07, 6.45) is 5.02. The van der Waals surface area contributed by atoms with Crippen LogP contribution in [0.25, 0.3) is 0 Å². The van der Waals surface area contributed by atoms with E-state index >= 15 is 0 Å². The normalized spacial score (nSPS) is 14.2. The van der Waals surface area contributed by atoms with Gasteiger partial charge in [-0.3, -0.25) is 9.59 Å². The molecule has 0 saturated carbocycles. The molecule has 2 rings (SSSR count). The molecule has 28 heavy (non-hydrogen) atoms. The summed E-state index contributed by atoms with van der Waals surface area (Å²) in [5, 5.41) is 0. The third-order valence-corrected chi connectivity index (χ3v) is 6.30. The van der Waals surface area contributed by atoms with Gasteiger partial charge in [0.15, 0.2) is 0 Å². The van der Waals surface area contributed by atoms with Crippen molar-refractivity contribution in [2.45, 2.75) is 77.8 Å². The van der Waals surface area contributed by atoms with Crippen molar-refractivity contribution in [1.82, 2.24) is 4.90 Å². The lowest BCUT2D eigenvalue weighted by atomic mass is 10.0. The second-order valence-corrected chi connectivity index (χ2v) is 9.15. The van der Waals surface area contributed by atoms with Crippen molar-refractivity contribution in [1.29, 1.82) is 0 Å². The number of esters is 1. The number of carbonyl (C=O) groups is 2. The van der Waals surface area contributed by atoms with Crippen LogP contribution in [0.15, 0.2) is 23.1 Å². The van der Waals surface area contributed by atoms with Crippen LogP contribution in [0.4, 0.5) is 0 Å². The van der Waals surface area contributed by atoms with Crippen LogP contribution in [0, 0.1) is 11.8 Å². The molecule has 0 spiro atoms. The predicted molar refractivity (Wildman–Crippen MR) is 115 cm³/mol. The van der Waals surface area contributed by atoms with E-state index in [1.165, 1.54) is 24.0 Å². The Labute approximate surface area is 174 Å². The Bertz CT molecular complexity index is 659. The molecule has 0 bridgehead atoms. The Morgan fingerprint density at radius 3 is 2.61 bits per heavy atom. The Hall–Kier alpha value is -1.49. The van der Waals surface area contributed by atoms with Crippen LogP contribution < -0.4 is 0 Å². The molecule has 0 aromatic heterocycles. The van der Waals surface area contributed by atoms with Crippen molar-refractivity contribution in [2.75, 3.05) is 12.4 Å². The third kappa shape index (κ3) is 6.84. The molecule has 5 heteroatoms. The van der Waals surface area contributed by atoms with Gasteiger partial charge in [-0.05, 0) is 35.6 Å². The number of unbranched alkanes of at least 4 members (excludes halogenated alkanes) is 1. The van der Waals surface area contributed by atoms with Gasteiger partial charge in [-0.15, -0.1) is 11.8 Å². The Balaban J connectivity index is 1.74. The maximum Gasteiger partial charge on any atom is 0.306 e. The highest BCUT2D eigenvalue weighted by Gasteiger charge is 2.25. The van der Waals surface area contributed by atoms with Gasteiger partial charge >= 0.3 is 5.97 Å². The molecule has 0 saturated heterocycles. The third-order valence-electron chi connectivity index (χ3n) is 5.30. The SMILES string of the molecule is CCCCC(CC)COC(=O)CCSc1ccc2c(c1)CN(C(=O)C(C)C)C2. The zero-order valence-corrected chi connectivity index (χ0v) is 18.6. The summed E-state index contributed by atoms with van der Waals surface area (Å²) in [4.78, 5) is 27.3. The zero-order chi connectivity index (χ0) is 20.5. The number of hydrogen-bond donors (Lipinski definition) is 0. The molecular weight excluding hydrogens is 370 g/mol. The summed E-state index contributed by atoms with van der Waals surface area (Å²) in [7, 11) is 0. The number of nitrogens with zero attached hydrogens (tertiary/aromatic N) is 1. The fourth-order valence-electron chi connectivity index (χ4n) is 3.41. The van der Waals surface area contributed by atoms with Gasteiger partial charge in [-0.1, -0.05) is 53.0 Å². The number of rotatable bonds is 11. The highest BCUT2D eigenvalue weighted by molar-refractivity contribution is 7.99. The minimum atomic E-state index is -0.0997. The van der Waals surface area contributed by atoms with Gasteiger partial charge in [0.2, 0.25) is 5.91 Å². The number of thioether (sulfide) groups is 1. The van der Waals surface area contributed by atoms with E-state index in [0.717, 1.165) is 23.5 Å². The lowest BCUT2D eigenvalue weighted by Gasteiger charge is -2.17. The molecular formula is C23H35NO3S. The lowest BCUT2D eigenvalue weighted by molar-refractivity contribution is -0.144. The Morgan fingerprint density at radius 1 is 1.18 bits per heavy atom. The van der Waals surface area contributed by atoms with Crippen molar-refractivity contribution in [3.63, 3.8) is 0 Å². The summed E-state index contributed by atoms with van der Waals surface area (Å²) < 4.78 is 5.47. The first-order valence-corrected chi connectivity index (χ1v) is 11.6. The fourth-order valence-corrected chi connectivity index (χ4v) is 4.31. The standard InChI is InChI=1S/C23H35NO3S/c1-5-7-8-18(6-2)16-27-22(25)11-12-28-21-10-9-19-14-24(15-20(19)13-21)23(26)17(3)4/h9-10,13,17-18H,5-8,11-12,14-16H2,1-4H3. The van der Waals surface area contributed by atoms with Crippen molar-refractivity contribution in [3.8, 4) is 0 Å². The van der Waals surface area contributed by atoms with Crippen LogP contribution >= 0.6 is 11.8 Å². The van der Waals surface area contributed by atoms with Crippen molar-refractivity contribution in [3.05, 3.63) is 29.3 Å². The molecule has 1 aromatic carbocycles. The van der Waals surface area contributed by atoms with Gasteiger partial charge in [0.1, 0.15) is 0 Å². The van der Waals surface area contributed by atoms with Gasteiger partial charge in [0, 0.05) is 29.7 Å². The van der Waals surface area contributed by atoms with Crippen LogP contribution in [0.1, 0.15) is 70.9 Å². The highest BCUT2D eigenvalue weighted by atomic mass is 32.2. The lowest BCUT2D eigenvalue weighted by Crippen LogP contribution is -2.29. The summed E-state index contributed by atoms with van der Waals surface area (Å²) in [6.45, 7) is 10.2. The van der Waals surface area contributed by atoms with Gasteiger partial charge in [0.25, 0.3) is 0 Å². The van der Waals surface area contributed by atoms with Crippen molar-refractivity contribution in [2.24, 2.45) is 11.8 Å². The highest BCUT2D eigenvalue weighted by Crippen LogP contribution is 2.29. The first-order valence-electron chi connectivity index (χ1n) is 10.6. The number of hydrogen-bond acceptors (Lipinski definition) is 4. The fraction of sp³-hybridized carbons (Fsp3) is 0.652. The molecule has 0 aliphatic carbocycles. The van der Waals surface area contributed by atoms with Gasteiger partial charge < -0.3 is 9.64 Å². The van der Waals surface area contributed by atoms with Crippen molar-refractivity contribution >= 4 is 23.6 Å². The minimum Gasteiger partial charge on any atom is -0.465 e. The van der Waals surface area contributed by atoms with Crippen LogP contribution in [0.5, 0.6) is 0 Å². The molecule has 1 heterocycles. The Morgan fingerprint density at radius 2 is 1.93 bits per heavy atom. The van der Waals surface area contributed by atoms with Crippen LogP contribution in [-0.2, 0) is 27.4 Å². The van der Waals surface area contributed by atoms with Crippen LogP contribution in [0.3, 0.4) is 0 Å². The number of fused-ring (bicyclic) bond motifs is 1. The van der Waals surface area contributed by atoms with E-state index in [1.54, 1.807) is 11.8 Å². The van der Waals surface area contributed by atoms with E-state index in [9.17, 15) is 9.59 Å². The Kier molecular flexibility index (Phi) is 9.36. The molecule has 0 radical (unpaired) electrons. The van der Waals surface area contributed by atoms with E-state index in [1.807, 2.05) is 18.7 Å². The molecule has 1 aliphatic heterocycles. The van der Waals surface area contributed by atoms with Crippen LogP contribution in [-0.4, -0.2) is 29.1 Å². The molecule has 1 unspecified atom stereocenters. The molecule has 1 amide bonds. The zero-order valence-electron chi connectivity index (χ0n) is 17.8. The quantitative estimate of drug-likeness (QED) is 0.364. The average Bonchev–Trinajstić information content (AvgIpc) is 3.10. The van der Waals surface area contributed by atoms with E-state index < -0.39 is 0 Å². The topological polar surface area (TPSA) is 46.6 Å². The molecule has 1 aromatic rings. The van der Waals surface area contributed by atoms with Gasteiger partial charge in [0.05, 0.1) is 13.0 Å². The molecule has 0 N–H and O–H groups in total. The smallest absolute Gasteiger partial charge is 0.306 e. The summed E-state index contributed by atoms with van der Waals surface area (Å²) in [6, 6.07) is 6.37. The second kappa shape index (κ2) is 11.5. The number of carbonyl (C=O) groups excluding carboxylic acids is 2. The minimum absolute atomic E-state index is 0.0310. The van der Waals surface area contributed by atoms with Crippen molar-refractivity contribution < 1.29 is 14.3 Å². The first-order chi connectivity index (χ1) is 13.4. The second-order valence-electron chi connectivity index (χ2n) is 7.98. The average molecular weight is 406 g/mol. The maximum absolute atomic E-state index is 12.2. The summed E-state index contributed by atoms with van der Waals surface area (Å²) in [5.41, 5.74) is 2.46. The number of amides is 1. The molecule has 156 valence electrons.